The van der Waals surface area contributed by atoms with Gasteiger partial charge in [0.1, 0.15) is 12.1 Å². The number of ether oxygens (including phenoxy) is 1. The van der Waals surface area contributed by atoms with E-state index in [4.69, 9.17) is 22.1 Å². The fourth-order valence-corrected chi connectivity index (χ4v) is 4.02. The van der Waals surface area contributed by atoms with Gasteiger partial charge in [-0.25, -0.2) is 4.98 Å². The summed E-state index contributed by atoms with van der Waals surface area (Å²) in [6.07, 6.45) is 3.53. The highest BCUT2D eigenvalue weighted by Crippen LogP contribution is 2.27. The smallest absolute Gasteiger partial charge is 0.260 e. The maximum atomic E-state index is 12.5. The lowest BCUT2D eigenvalue weighted by atomic mass is 10.3. The molecule has 0 radical (unpaired) electrons. The molecule has 9 nitrogen and oxygen atoms in total. The van der Waals surface area contributed by atoms with Crippen LogP contribution in [0.2, 0.25) is 5.02 Å². The minimum absolute atomic E-state index is 0.0166. The first-order chi connectivity index (χ1) is 15.0. The summed E-state index contributed by atoms with van der Waals surface area (Å²) >= 11 is 7.39. The van der Waals surface area contributed by atoms with E-state index in [0.717, 1.165) is 5.75 Å². The van der Waals surface area contributed by atoms with E-state index < -0.39 is 0 Å². The van der Waals surface area contributed by atoms with E-state index in [-0.39, 0.29) is 18.5 Å². The molecule has 1 amide bonds. The predicted octanol–water partition coefficient (Wildman–Crippen LogP) is 2.47. The van der Waals surface area contributed by atoms with Crippen molar-refractivity contribution in [3.05, 3.63) is 48.3 Å². The van der Waals surface area contributed by atoms with E-state index in [1.165, 1.54) is 11.9 Å². The van der Waals surface area contributed by atoms with Crippen LogP contribution in [0.15, 0.2) is 43.2 Å². The summed E-state index contributed by atoms with van der Waals surface area (Å²) in [5.74, 6) is 2.15. The average molecular weight is 460 g/mol. The van der Waals surface area contributed by atoms with Crippen LogP contribution < -0.4 is 15.4 Å². The van der Waals surface area contributed by atoms with Crippen LogP contribution in [0.4, 0.5) is 11.8 Å². The number of halogens is 1. The Morgan fingerprint density at radius 2 is 1.97 bits per heavy atom. The van der Waals surface area contributed by atoms with Crippen molar-refractivity contribution >= 4 is 52.4 Å². The Morgan fingerprint density at radius 1 is 1.23 bits per heavy atom. The zero-order valence-corrected chi connectivity index (χ0v) is 18.3. The molecule has 2 aromatic heterocycles. The van der Waals surface area contributed by atoms with Crippen LogP contribution in [-0.2, 0) is 4.79 Å². The number of imidazole rings is 1. The van der Waals surface area contributed by atoms with Gasteiger partial charge in [0, 0.05) is 37.0 Å². The Kier molecular flexibility index (Phi) is 6.47. The summed E-state index contributed by atoms with van der Waals surface area (Å²) in [5, 5.41) is 0.624. The maximum Gasteiger partial charge on any atom is 0.260 e. The Bertz CT molecular complexity index is 1080. The van der Waals surface area contributed by atoms with Crippen LogP contribution in [-0.4, -0.2) is 68.3 Å². The number of carbonyl (C=O) groups is 1. The van der Waals surface area contributed by atoms with Gasteiger partial charge >= 0.3 is 0 Å². The third-order valence-electron chi connectivity index (χ3n) is 4.80. The van der Waals surface area contributed by atoms with Gasteiger partial charge in [-0.1, -0.05) is 17.7 Å². The number of fused-ring (bicyclic) bond motifs is 1. The van der Waals surface area contributed by atoms with Gasteiger partial charge in [0.05, 0.1) is 0 Å². The van der Waals surface area contributed by atoms with Crippen LogP contribution in [0.1, 0.15) is 0 Å². The van der Waals surface area contributed by atoms with Crippen molar-refractivity contribution in [3.8, 4) is 5.75 Å². The van der Waals surface area contributed by atoms with Gasteiger partial charge in [-0.2, -0.15) is 9.97 Å². The Balaban J connectivity index is 1.39. The van der Waals surface area contributed by atoms with Gasteiger partial charge in [0.15, 0.2) is 23.6 Å². The summed E-state index contributed by atoms with van der Waals surface area (Å²) in [7, 11) is 0. The normalized spacial score (nSPS) is 14.1. The van der Waals surface area contributed by atoms with Crippen molar-refractivity contribution < 1.29 is 9.53 Å². The number of benzene rings is 1. The highest BCUT2D eigenvalue weighted by Gasteiger charge is 2.25. The second-order valence-corrected chi connectivity index (χ2v) is 8.26. The average Bonchev–Trinajstić information content (AvgIpc) is 3.19. The van der Waals surface area contributed by atoms with Crippen molar-refractivity contribution in [2.24, 2.45) is 0 Å². The molecule has 1 fully saturated rings. The number of hydrogen-bond acceptors (Lipinski definition) is 8. The number of carbonyl (C=O) groups excluding carboxylic acids is 1. The van der Waals surface area contributed by atoms with Gasteiger partial charge in [0.25, 0.3) is 5.91 Å². The molecular weight excluding hydrogens is 438 g/mol. The fourth-order valence-electron chi connectivity index (χ4n) is 3.26. The van der Waals surface area contributed by atoms with E-state index in [2.05, 4.69) is 26.4 Å². The topological polar surface area (TPSA) is 102 Å². The maximum absolute atomic E-state index is 12.5. The van der Waals surface area contributed by atoms with Crippen molar-refractivity contribution in [2.45, 2.75) is 0 Å². The first kappa shape index (κ1) is 21.3. The molecule has 162 valence electrons. The van der Waals surface area contributed by atoms with Crippen molar-refractivity contribution in [2.75, 3.05) is 49.2 Å². The summed E-state index contributed by atoms with van der Waals surface area (Å²) in [4.78, 5) is 29.7. The molecule has 31 heavy (non-hydrogen) atoms. The van der Waals surface area contributed by atoms with Crippen molar-refractivity contribution in [3.63, 3.8) is 0 Å². The van der Waals surface area contributed by atoms with Gasteiger partial charge in [-0.3, -0.25) is 8.77 Å². The number of amides is 1. The molecule has 1 aliphatic heterocycles. The second kappa shape index (κ2) is 9.44. The summed E-state index contributed by atoms with van der Waals surface area (Å²) < 4.78 is 7.44. The zero-order valence-electron chi connectivity index (χ0n) is 16.8. The zero-order chi connectivity index (χ0) is 21.8. The number of rotatable bonds is 7. The van der Waals surface area contributed by atoms with Crippen LogP contribution in [0.25, 0.3) is 11.2 Å². The lowest BCUT2D eigenvalue weighted by molar-refractivity contribution is -0.133. The molecule has 1 aliphatic rings. The molecule has 2 N–H and O–H groups in total. The molecule has 0 spiro atoms. The molecule has 0 aliphatic carbocycles. The number of nitrogens with two attached hydrogens (primary N) is 1. The predicted molar refractivity (Wildman–Crippen MR) is 124 cm³/mol. The molecular formula is C20H22ClN7O2S. The lowest BCUT2D eigenvalue weighted by Crippen LogP contribution is -2.50. The molecule has 11 heteroatoms. The first-order valence-electron chi connectivity index (χ1n) is 9.71. The standard InChI is InChI=1S/C20H22ClN7O2S/c1-2-11-31-28-13-23-17-18(24-20(22)25-19(17)28)27-9-7-26(8-10-27)16(29)12-30-15-5-3-14(21)4-6-15/h2-6,13H,1,7-12H2,(H2,22,24,25). The molecule has 3 heterocycles. The Labute approximate surface area is 189 Å². The molecule has 0 unspecified atom stereocenters. The molecule has 1 aromatic carbocycles. The van der Waals surface area contributed by atoms with Gasteiger partial charge in [0.2, 0.25) is 5.95 Å². The first-order valence-corrected chi connectivity index (χ1v) is 11.0. The van der Waals surface area contributed by atoms with E-state index in [9.17, 15) is 4.79 Å². The number of anilines is 2. The van der Waals surface area contributed by atoms with Gasteiger partial charge in [-0.05, 0) is 36.2 Å². The highest BCUT2D eigenvalue weighted by atomic mass is 35.5. The van der Waals surface area contributed by atoms with Crippen LogP contribution >= 0.6 is 23.5 Å². The number of nitrogen functional groups attached to an aromatic ring is 1. The highest BCUT2D eigenvalue weighted by molar-refractivity contribution is 7.98. The number of nitrogens with zero attached hydrogens (tertiary/aromatic N) is 6. The van der Waals surface area contributed by atoms with E-state index in [1.54, 1.807) is 35.5 Å². The van der Waals surface area contributed by atoms with Gasteiger partial charge < -0.3 is 20.3 Å². The minimum atomic E-state index is -0.0629. The molecule has 1 saturated heterocycles. The van der Waals surface area contributed by atoms with Crippen LogP contribution in [0.3, 0.4) is 0 Å². The molecule has 4 rings (SSSR count). The molecule has 3 aromatic rings. The monoisotopic (exact) mass is 459 g/mol. The summed E-state index contributed by atoms with van der Waals surface area (Å²) in [6.45, 7) is 6.06. The Hall–Kier alpha value is -2.98. The van der Waals surface area contributed by atoms with E-state index in [1.807, 2.05) is 10.0 Å². The number of aromatic nitrogens is 4. The quantitative estimate of drug-likeness (QED) is 0.537. The Morgan fingerprint density at radius 3 is 2.68 bits per heavy atom. The molecule has 0 bridgehead atoms. The second-order valence-electron chi connectivity index (χ2n) is 6.84. The van der Waals surface area contributed by atoms with E-state index in [0.29, 0.717) is 53.9 Å². The third-order valence-corrected chi connectivity index (χ3v) is 5.99. The summed E-state index contributed by atoms with van der Waals surface area (Å²) in [6, 6.07) is 6.94. The van der Waals surface area contributed by atoms with E-state index >= 15 is 0 Å². The van der Waals surface area contributed by atoms with Crippen LogP contribution in [0, 0.1) is 0 Å². The lowest BCUT2D eigenvalue weighted by Gasteiger charge is -2.35. The minimum Gasteiger partial charge on any atom is -0.484 e. The number of hydrogen-bond donors (Lipinski definition) is 1. The molecule has 0 saturated carbocycles. The van der Waals surface area contributed by atoms with Crippen molar-refractivity contribution in [1.29, 1.82) is 0 Å². The number of piperazine rings is 1. The fraction of sp³-hybridized carbons (Fsp3) is 0.300. The SMILES string of the molecule is C=CCSn1cnc2c(N3CCN(C(=O)COc4ccc(Cl)cc4)CC3)nc(N)nc21. The third kappa shape index (κ3) is 4.86. The summed E-state index contributed by atoms with van der Waals surface area (Å²) in [5.41, 5.74) is 7.32. The molecule has 0 atom stereocenters. The van der Waals surface area contributed by atoms with Gasteiger partial charge in [-0.15, -0.1) is 6.58 Å². The van der Waals surface area contributed by atoms with Crippen LogP contribution in [0.5, 0.6) is 5.75 Å². The largest absolute Gasteiger partial charge is 0.484 e. The van der Waals surface area contributed by atoms with Crippen molar-refractivity contribution in [1.82, 2.24) is 23.8 Å².